The molecule has 2 aromatic carbocycles. The van der Waals surface area contributed by atoms with Crippen LogP contribution in [-0.2, 0) is 30.5 Å². The quantitative estimate of drug-likeness (QED) is 0.132. The van der Waals surface area contributed by atoms with Crippen molar-refractivity contribution in [2.24, 2.45) is 0 Å². The summed E-state index contributed by atoms with van der Waals surface area (Å²) in [6.45, 7) is 14.3. The van der Waals surface area contributed by atoms with Gasteiger partial charge in [0.05, 0.1) is 26.5 Å². The molecule has 216 valence electrons. The van der Waals surface area contributed by atoms with Gasteiger partial charge in [0.25, 0.3) is 0 Å². The van der Waals surface area contributed by atoms with E-state index in [2.05, 4.69) is 103 Å². The fraction of sp³-hybridized carbons (Fsp3) is 0.333. The van der Waals surface area contributed by atoms with Crippen LogP contribution in [0.5, 0.6) is 0 Å². The maximum absolute atomic E-state index is 13.0. The van der Waals surface area contributed by atoms with E-state index in [9.17, 15) is 9.13 Å². The van der Waals surface area contributed by atoms with E-state index in [0.717, 1.165) is 39.2 Å². The molecule has 8 heteroatoms. The van der Waals surface area contributed by atoms with Crippen LogP contribution in [0.3, 0.4) is 0 Å². The van der Waals surface area contributed by atoms with Gasteiger partial charge in [-0.05, 0) is 82.3 Å². The van der Waals surface area contributed by atoms with Crippen LogP contribution in [0.4, 0.5) is 0 Å². The molecule has 0 fully saturated rings. The number of benzene rings is 2. The number of pyridine rings is 2. The first-order valence-corrected chi connectivity index (χ1v) is 18.6. The van der Waals surface area contributed by atoms with E-state index in [1.54, 1.807) is 0 Å². The summed E-state index contributed by atoms with van der Waals surface area (Å²) in [5.41, 5.74) is 9.97. The van der Waals surface area contributed by atoms with Gasteiger partial charge in [-0.3, -0.25) is 4.57 Å². The van der Waals surface area contributed by atoms with Crippen molar-refractivity contribution < 1.29 is 27.3 Å². The van der Waals surface area contributed by atoms with E-state index in [4.69, 9.17) is 9.05 Å². The Balaban J connectivity index is 1.53. The molecular formula is C33H42N2O4P2+2. The summed E-state index contributed by atoms with van der Waals surface area (Å²) >= 11 is 0. The lowest BCUT2D eigenvalue weighted by molar-refractivity contribution is -0.596. The number of aromatic nitrogens is 2. The number of nitrogens with zero attached hydrogens (tertiary/aromatic N) is 2. The molecule has 0 bridgehead atoms. The van der Waals surface area contributed by atoms with E-state index in [-0.39, 0.29) is 6.16 Å². The molecule has 41 heavy (non-hydrogen) atoms. The fourth-order valence-corrected chi connectivity index (χ4v) is 8.01. The summed E-state index contributed by atoms with van der Waals surface area (Å²) in [6, 6.07) is 18.9. The Morgan fingerprint density at radius 1 is 0.659 bits per heavy atom. The lowest BCUT2D eigenvalue weighted by Crippen LogP contribution is -2.31. The number of aryl methyl sites for hydroxylation is 3. The molecule has 0 saturated carbocycles. The van der Waals surface area contributed by atoms with Gasteiger partial charge in [0.1, 0.15) is 0 Å². The summed E-state index contributed by atoms with van der Waals surface area (Å²) in [5.74, 6) is 0. The van der Waals surface area contributed by atoms with Gasteiger partial charge in [-0.15, -0.1) is 0 Å². The lowest BCUT2D eigenvalue weighted by Gasteiger charge is -2.17. The predicted molar refractivity (Wildman–Crippen MR) is 167 cm³/mol. The summed E-state index contributed by atoms with van der Waals surface area (Å²) < 4.78 is 40.4. The van der Waals surface area contributed by atoms with Gasteiger partial charge in [0.2, 0.25) is 11.4 Å². The van der Waals surface area contributed by atoms with Crippen molar-refractivity contribution in [3.8, 4) is 22.5 Å². The van der Waals surface area contributed by atoms with Crippen LogP contribution in [0.2, 0.25) is 0 Å². The molecule has 0 aliphatic heterocycles. The predicted octanol–water partition coefficient (Wildman–Crippen LogP) is 7.72. The van der Waals surface area contributed by atoms with Crippen LogP contribution in [-0.4, -0.2) is 26.5 Å². The third kappa shape index (κ3) is 7.90. The van der Waals surface area contributed by atoms with Crippen LogP contribution in [0.25, 0.3) is 22.5 Å². The van der Waals surface area contributed by atoms with Crippen LogP contribution in [0, 0.1) is 20.8 Å². The highest BCUT2D eigenvalue weighted by atomic mass is 31.2. The minimum absolute atomic E-state index is 0.260. The summed E-state index contributed by atoms with van der Waals surface area (Å²) in [5, 5.41) is 0. The van der Waals surface area contributed by atoms with E-state index >= 15 is 0 Å². The highest BCUT2D eigenvalue weighted by Crippen LogP contribution is 2.51. The second-order valence-corrected chi connectivity index (χ2v) is 16.5. The Labute approximate surface area is 244 Å². The van der Waals surface area contributed by atoms with E-state index in [1.165, 1.54) is 11.1 Å². The molecular weight excluding hydrogens is 550 g/mol. The zero-order chi connectivity index (χ0) is 29.8. The van der Waals surface area contributed by atoms with E-state index < -0.39 is 14.7 Å². The fourth-order valence-electron chi connectivity index (χ4n) is 5.24. The van der Waals surface area contributed by atoms with Crippen molar-refractivity contribution in [1.29, 1.82) is 0 Å². The van der Waals surface area contributed by atoms with Crippen LogP contribution < -0.4 is 9.13 Å². The molecule has 6 nitrogen and oxygen atoms in total. The number of hydrogen-bond acceptors (Lipinski definition) is 4. The first-order chi connectivity index (χ1) is 19.4. The normalized spacial score (nSPS) is 12.1. The third-order valence-corrected chi connectivity index (χ3v) is 10.2. The molecule has 0 atom stereocenters. The van der Waals surface area contributed by atoms with Gasteiger partial charge in [-0.25, -0.2) is 0 Å². The van der Waals surface area contributed by atoms with Gasteiger partial charge < -0.3 is 13.6 Å². The second-order valence-electron chi connectivity index (χ2n) is 11.0. The molecule has 2 heterocycles. The van der Waals surface area contributed by atoms with Gasteiger partial charge >= 0.3 is 7.60 Å². The topological polar surface area (TPSA) is 60.4 Å². The Morgan fingerprint density at radius 3 is 1.66 bits per heavy atom. The number of hydrogen-bond donors (Lipinski definition) is 0. The monoisotopic (exact) mass is 592 g/mol. The molecule has 0 aliphatic rings. The third-order valence-electron chi connectivity index (χ3n) is 6.97. The van der Waals surface area contributed by atoms with Crippen LogP contribution in [0.1, 0.15) is 41.7 Å². The van der Waals surface area contributed by atoms with Gasteiger partial charge in [-0.2, -0.15) is 9.13 Å². The molecule has 0 N–H and O–H groups in total. The summed E-state index contributed by atoms with van der Waals surface area (Å²) in [7, 11) is -5.26. The minimum atomic E-state index is -3.15. The first-order valence-electron chi connectivity index (χ1n) is 14.1. The van der Waals surface area contributed by atoms with Crippen molar-refractivity contribution in [1.82, 2.24) is 0 Å². The Morgan fingerprint density at radius 2 is 1.17 bits per heavy atom. The van der Waals surface area contributed by atoms with Crippen molar-refractivity contribution in [3.63, 3.8) is 0 Å². The van der Waals surface area contributed by atoms with Crippen molar-refractivity contribution in [3.05, 3.63) is 107 Å². The summed E-state index contributed by atoms with van der Waals surface area (Å²) in [6.07, 6.45) is 9.30. The molecule has 0 spiro atoms. The standard InChI is InChI=1S/C33H42N2O4P2/c1-8-38-41(37,39-9-2)24-29-11-12-32(25(3)21-29)34-17-14-30(15-18-34)31-16-19-35(22-27(31)5)33-13-10-28(20-26(33)4)23-40(6,7)36/h10-22H,8-9,23-24H2,1-7H3/q+2. The maximum atomic E-state index is 13.0. The van der Waals surface area contributed by atoms with Crippen molar-refractivity contribution in [2.45, 2.75) is 46.9 Å². The zero-order valence-corrected chi connectivity index (χ0v) is 27.0. The summed E-state index contributed by atoms with van der Waals surface area (Å²) in [4.78, 5) is 0. The molecule has 0 radical (unpaired) electrons. The molecule has 0 saturated heterocycles. The molecule has 0 amide bonds. The van der Waals surface area contributed by atoms with Crippen LogP contribution >= 0.6 is 14.7 Å². The smallest absolute Gasteiger partial charge is 0.324 e. The molecule has 0 unspecified atom stereocenters. The van der Waals surface area contributed by atoms with Crippen molar-refractivity contribution >= 4 is 14.7 Å². The average Bonchev–Trinajstić information content (AvgIpc) is 2.88. The largest absolute Gasteiger partial charge is 0.335 e. The molecule has 4 aromatic rings. The Hall–Kier alpha value is -2.88. The average molecular weight is 593 g/mol. The van der Waals surface area contributed by atoms with Crippen LogP contribution in [0.15, 0.2) is 79.4 Å². The molecule has 4 rings (SSSR count). The Kier molecular flexibility index (Phi) is 9.82. The first kappa shape index (κ1) is 31.1. The van der Waals surface area contributed by atoms with Gasteiger partial charge in [-0.1, -0.05) is 12.1 Å². The highest BCUT2D eigenvalue weighted by Gasteiger charge is 2.25. The zero-order valence-electron chi connectivity index (χ0n) is 25.3. The van der Waals surface area contributed by atoms with Crippen molar-refractivity contribution in [2.75, 3.05) is 26.5 Å². The molecule has 2 aromatic heterocycles. The SMILES string of the molecule is CCOP(=O)(Cc1ccc(-[n+]2ccc(-c3cc[n+](-c4ccc(CP(C)(C)=O)cc4C)cc3C)cc2)c(C)c1)OCC. The Bertz CT molecular complexity index is 1620. The van der Waals surface area contributed by atoms with Gasteiger partial charge in [0.15, 0.2) is 24.8 Å². The second kappa shape index (κ2) is 13.0. The number of rotatable bonds is 11. The highest BCUT2D eigenvalue weighted by molar-refractivity contribution is 7.61. The minimum Gasteiger partial charge on any atom is -0.324 e. The lowest BCUT2D eigenvalue weighted by atomic mass is 10.0. The van der Waals surface area contributed by atoms with E-state index in [1.807, 2.05) is 33.2 Å². The van der Waals surface area contributed by atoms with E-state index in [0.29, 0.717) is 19.4 Å². The maximum Gasteiger partial charge on any atom is 0.335 e. The van der Waals surface area contributed by atoms with Gasteiger partial charge in [0, 0.05) is 53.2 Å². The molecule has 0 aliphatic carbocycles.